The van der Waals surface area contributed by atoms with Crippen LogP contribution in [0.3, 0.4) is 0 Å². The molecular formula is C15H13BrFNO2. The van der Waals surface area contributed by atoms with E-state index in [2.05, 4.69) is 15.9 Å². The number of nitrogens with zero attached hydrogens (tertiary/aromatic N) is 1. The summed E-state index contributed by atoms with van der Waals surface area (Å²) in [6.45, 7) is 2.41. The van der Waals surface area contributed by atoms with Gasteiger partial charge in [-0.25, -0.2) is 9.18 Å². The Morgan fingerprint density at radius 3 is 2.60 bits per heavy atom. The van der Waals surface area contributed by atoms with Crippen molar-refractivity contribution in [3.8, 4) is 0 Å². The Morgan fingerprint density at radius 2 is 2.00 bits per heavy atom. The van der Waals surface area contributed by atoms with E-state index >= 15 is 0 Å². The van der Waals surface area contributed by atoms with Crippen molar-refractivity contribution in [3.05, 3.63) is 58.3 Å². The van der Waals surface area contributed by atoms with Gasteiger partial charge < -0.3 is 10.0 Å². The van der Waals surface area contributed by atoms with E-state index in [1.165, 1.54) is 18.2 Å². The van der Waals surface area contributed by atoms with Gasteiger partial charge in [0.1, 0.15) is 5.82 Å². The summed E-state index contributed by atoms with van der Waals surface area (Å²) in [5, 5.41) is 9.10. The summed E-state index contributed by atoms with van der Waals surface area (Å²) >= 11 is 3.29. The third kappa shape index (κ3) is 2.99. The zero-order chi connectivity index (χ0) is 14.7. The molecule has 0 aliphatic carbocycles. The predicted molar refractivity (Wildman–Crippen MR) is 80.2 cm³/mol. The van der Waals surface area contributed by atoms with E-state index in [0.29, 0.717) is 22.4 Å². The average Bonchev–Trinajstić information content (AvgIpc) is 2.41. The van der Waals surface area contributed by atoms with Gasteiger partial charge >= 0.3 is 5.97 Å². The Morgan fingerprint density at radius 1 is 1.30 bits per heavy atom. The number of hydrogen-bond acceptors (Lipinski definition) is 2. The fourth-order valence-electron chi connectivity index (χ4n) is 2.02. The summed E-state index contributed by atoms with van der Waals surface area (Å²) in [5.74, 6) is -1.36. The Bertz CT molecular complexity index is 646. The zero-order valence-electron chi connectivity index (χ0n) is 10.8. The van der Waals surface area contributed by atoms with E-state index in [1.54, 1.807) is 29.2 Å². The van der Waals surface area contributed by atoms with Crippen LogP contribution < -0.4 is 4.90 Å². The van der Waals surface area contributed by atoms with Crippen LogP contribution in [0.25, 0.3) is 0 Å². The fourth-order valence-corrected chi connectivity index (χ4v) is 2.50. The zero-order valence-corrected chi connectivity index (χ0v) is 12.4. The van der Waals surface area contributed by atoms with Crippen LogP contribution in [0.4, 0.5) is 15.8 Å². The quantitative estimate of drug-likeness (QED) is 0.896. The number of benzene rings is 2. The van der Waals surface area contributed by atoms with Gasteiger partial charge in [0.25, 0.3) is 0 Å². The summed E-state index contributed by atoms with van der Waals surface area (Å²) in [6, 6.07) is 11.2. The number of para-hydroxylation sites is 1. The molecule has 0 atom stereocenters. The molecule has 20 heavy (non-hydrogen) atoms. The average molecular weight is 338 g/mol. The van der Waals surface area contributed by atoms with Gasteiger partial charge in [-0.1, -0.05) is 28.1 Å². The highest BCUT2D eigenvalue weighted by atomic mass is 79.9. The summed E-state index contributed by atoms with van der Waals surface area (Å²) < 4.78 is 14.5. The second kappa shape index (κ2) is 6.05. The van der Waals surface area contributed by atoms with Crippen molar-refractivity contribution in [1.82, 2.24) is 0 Å². The van der Waals surface area contributed by atoms with Gasteiger partial charge in [-0.05, 0) is 37.3 Å². The van der Waals surface area contributed by atoms with Crippen LogP contribution in [0, 0.1) is 5.82 Å². The van der Waals surface area contributed by atoms with E-state index in [0.717, 1.165) is 0 Å². The highest BCUT2D eigenvalue weighted by Crippen LogP contribution is 2.30. The van der Waals surface area contributed by atoms with Crippen molar-refractivity contribution in [2.24, 2.45) is 0 Å². The maximum Gasteiger partial charge on any atom is 0.335 e. The minimum absolute atomic E-state index is 0.157. The number of carboxylic acids is 1. The molecule has 2 aromatic carbocycles. The van der Waals surface area contributed by atoms with Crippen molar-refractivity contribution >= 4 is 33.3 Å². The number of hydrogen-bond donors (Lipinski definition) is 1. The largest absolute Gasteiger partial charge is 0.478 e. The number of anilines is 2. The summed E-state index contributed by atoms with van der Waals surface area (Å²) in [6.07, 6.45) is 0. The molecule has 0 saturated carbocycles. The molecule has 0 heterocycles. The number of rotatable bonds is 4. The van der Waals surface area contributed by atoms with E-state index in [-0.39, 0.29) is 11.4 Å². The molecule has 0 bridgehead atoms. The molecule has 2 aromatic rings. The standard InChI is InChI=1S/C15H13BrFNO2/c1-2-18(14-6-4-3-5-13(14)17)12-8-10(15(19)20)7-11(16)9-12/h3-9H,2H2,1H3,(H,19,20). The SMILES string of the molecule is CCN(c1cc(Br)cc(C(=O)O)c1)c1ccccc1F. The summed E-state index contributed by atoms with van der Waals surface area (Å²) in [5.41, 5.74) is 1.21. The molecular weight excluding hydrogens is 325 g/mol. The van der Waals surface area contributed by atoms with Gasteiger partial charge in [-0.15, -0.1) is 0 Å². The van der Waals surface area contributed by atoms with Crippen molar-refractivity contribution in [1.29, 1.82) is 0 Å². The number of halogens is 2. The second-order valence-corrected chi connectivity index (χ2v) is 5.11. The van der Waals surface area contributed by atoms with Gasteiger partial charge in [0.15, 0.2) is 0 Å². The molecule has 0 amide bonds. The molecule has 104 valence electrons. The molecule has 3 nitrogen and oxygen atoms in total. The highest BCUT2D eigenvalue weighted by Gasteiger charge is 2.14. The fraction of sp³-hybridized carbons (Fsp3) is 0.133. The Kier molecular flexibility index (Phi) is 4.39. The first-order valence-corrected chi connectivity index (χ1v) is 6.88. The lowest BCUT2D eigenvalue weighted by molar-refractivity contribution is 0.0697. The van der Waals surface area contributed by atoms with E-state index in [4.69, 9.17) is 5.11 Å². The van der Waals surface area contributed by atoms with E-state index in [1.807, 2.05) is 6.92 Å². The van der Waals surface area contributed by atoms with Crippen LogP contribution in [0.2, 0.25) is 0 Å². The first kappa shape index (κ1) is 14.5. The molecule has 0 fully saturated rings. The molecule has 0 spiro atoms. The third-order valence-electron chi connectivity index (χ3n) is 2.90. The molecule has 0 aliphatic heterocycles. The second-order valence-electron chi connectivity index (χ2n) is 4.20. The van der Waals surface area contributed by atoms with Crippen LogP contribution in [-0.2, 0) is 0 Å². The van der Waals surface area contributed by atoms with Crippen LogP contribution in [0.5, 0.6) is 0 Å². The maximum atomic E-state index is 13.9. The van der Waals surface area contributed by atoms with Gasteiger partial charge in [0.2, 0.25) is 0 Å². The number of aromatic carboxylic acids is 1. The van der Waals surface area contributed by atoms with Crippen LogP contribution in [0.15, 0.2) is 46.9 Å². The minimum atomic E-state index is -1.02. The smallest absolute Gasteiger partial charge is 0.335 e. The predicted octanol–water partition coefficient (Wildman–Crippen LogP) is 4.44. The lowest BCUT2D eigenvalue weighted by Crippen LogP contribution is -2.18. The lowest BCUT2D eigenvalue weighted by atomic mass is 10.1. The lowest BCUT2D eigenvalue weighted by Gasteiger charge is -2.24. The highest BCUT2D eigenvalue weighted by molar-refractivity contribution is 9.10. The first-order chi connectivity index (χ1) is 9.52. The Hall–Kier alpha value is -1.88. The molecule has 0 aromatic heterocycles. The molecule has 0 aliphatic rings. The van der Waals surface area contributed by atoms with Gasteiger partial charge in [-0.3, -0.25) is 0 Å². The molecule has 0 radical (unpaired) electrons. The maximum absolute atomic E-state index is 13.9. The molecule has 2 rings (SSSR count). The normalized spacial score (nSPS) is 10.3. The molecule has 1 N–H and O–H groups in total. The van der Waals surface area contributed by atoms with E-state index in [9.17, 15) is 9.18 Å². The summed E-state index contributed by atoms with van der Waals surface area (Å²) in [4.78, 5) is 12.8. The minimum Gasteiger partial charge on any atom is -0.478 e. The van der Waals surface area contributed by atoms with Gasteiger partial charge in [0, 0.05) is 16.7 Å². The summed E-state index contributed by atoms with van der Waals surface area (Å²) in [7, 11) is 0. The Labute approximate surface area is 124 Å². The molecule has 5 heteroatoms. The number of carboxylic acid groups (broad SMARTS) is 1. The van der Waals surface area contributed by atoms with Crippen molar-refractivity contribution in [3.63, 3.8) is 0 Å². The van der Waals surface area contributed by atoms with E-state index < -0.39 is 5.97 Å². The molecule has 0 saturated heterocycles. The van der Waals surface area contributed by atoms with Crippen LogP contribution in [0.1, 0.15) is 17.3 Å². The van der Waals surface area contributed by atoms with Crippen molar-refractivity contribution < 1.29 is 14.3 Å². The van der Waals surface area contributed by atoms with Gasteiger partial charge in [-0.2, -0.15) is 0 Å². The first-order valence-electron chi connectivity index (χ1n) is 6.09. The van der Waals surface area contributed by atoms with Crippen LogP contribution in [-0.4, -0.2) is 17.6 Å². The van der Waals surface area contributed by atoms with Crippen molar-refractivity contribution in [2.75, 3.05) is 11.4 Å². The number of carbonyl (C=O) groups is 1. The molecule has 0 unspecified atom stereocenters. The third-order valence-corrected chi connectivity index (χ3v) is 3.36. The topological polar surface area (TPSA) is 40.5 Å². The monoisotopic (exact) mass is 337 g/mol. The van der Waals surface area contributed by atoms with Gasteiger partial charge in [0.05, 0.1) is 11.3 Å². The Balaban J connectivity index is 2.52. The van der Waals surface area contributed by atoms with Crippen LogP contribution >= 0.6 is 15.9 Å². The van der Waals surface area contributed by atoms with Crippen molar-refractivity contribution in [2.45, 2.75) is 6.92 Å².